The van der Waals surface area contributed by atoms with Gasteiger partial charge in [0.15, 0.2) is 10.7 Å². The summed E-state index contributed by atoms with van der Waals surface area (Å²) < 4.78 is 29.8. The van der Waals surface area contributed by atoms with Gasteiger partial charge < -0.3 is 9.84 Å². The number of phenolic OH excluding ortho intramolecular Hbond substituents is 1. The van der Waals surface area contributed by atoms with Crippen molar-refractivity contribution < 1.29 is 23.1 Å². The number of para-hydroxylation sites is 1. The van der Waals surface area contributed by atoms with Gasteiger partial charge in [0, 0.05) is 14.5 Å². The van der Waals surface area contributed by atoms with Crippen molar-refractivity contribution in [3.05, 3.63) is 74.7 Å². The number of sulfonamides is 1. The molecule has 0 bridgehead atoms. The number of allylic oxidation sites excluding steroid dienone is 2. The van der Waals surface area contributed by atoms with Crippen molar-refractivity contribution in [1.29, 1.82) is 0 Å². The summed E-state index contributed by atoms with van der Waals surface area (Å²) in [6, 6.07) is 11.4. The third-order valence-electron chi connectivity index (χ3n) is 4.95. The number of alkyl halides is 1. The number of carbonyl (C=O) groups excluding carboxylic acids is 1. The van der Waals surface area contributed by atoms with Gasteiger partial charge >= 0.3 is 0 Å². The van der Waals surface area contributed by atoms with Gasteiger partial charge in [-0.2, -0.15) is 0 Å². The van der Waals surface area contributed by atoms with Crippen LogP contribution in [0.3, 0.4) is 0 Å². The van der Waals surface area contributed by atoms with E-state index >= 15 is 0 Å². The van der Waals surface area contributed by atoms with Crippen molar-refractivity contribution in [2.45, 2.75) is 29.9 Å². The average Bonchev–Trinajstić information content (AvgIpc) is 2.72. The molecule has 170 valence electrons. The van der Waals surface area contributed by atoms with Gasteiger partial charge in [-0.3, -0.25) is 4.79 Å². The van der Waals surface area contributed by atoms with Gasteiger partial charge in [-0.25, -0.2) is 13.6 Å². The molecule has 0 unspecified atom stereocenters. The van der Waals surface area contributed by atoms with Gasteiger partial charge in [-0.05, 0) is 48.4 Å². The molecule has 1 aliphatic rings. The van der Waals surface area contributed by atoms with E-state index in [2.05, 4.69) is 31.9 Å². The lowest BCUT2D eigenvalue weighted by atomic mass is 9.92. The number of hydrogen-bond donors (Lipinski definition) is 2. The van der Waals surface area contributed by atoms with Crippen molar-refractivity contribution in [2.24, 2.45) is 5.14 Å². The molecule has 0 atom stereocenters. The van der Waals surface area contributed by atoms with E-state index < -0.39 is 25.9 Å². The number of hydrogen-bond acceptors (Lipinski definition) is 5. The third-order valence-corrected chi connectivity index (χ3v) is 8.74. The van der Waals surface area contributed by atoms with Crippen LogP contribution < -0.4 is 9.88 Å². The van der Waals surface area contributed by atoms with Crippen LogP contribution >= 0.6 is 43.5 Å². The Labute approximate surface area is 208 Å². The molecular formula is C22H20Br2ClNO5S. The Morgan fingerprint density at radius 2 is 1.75 bits per heavy atom. The van der Waals surface area contributed by atoms with Crippen LogP contribution in [0.25, 0.3) is 0 Å². The Kier molecular flexibility index (Phi) is 7.26. The minimum absolute atomic E-state index is 0.0673. The van der Waals surface area contributed by atoms with Gasteiger partial charge in [-0.1, -0.05) is 69.4 Å². The molecule has 0 fully saturated rings. The molecule has 0 heterocycles. The van der Waals surface area contributed by atoms with E-state index in [9.17, 15) is 18.3 Å². The monoisotopic (exact) mass is 603 g/mol. The zero-order chi connectivity index (χ0) is 23.8. The topological polar surface area (TPSA) is 107 Å². The summed E-state index contributed by atoms with van der Waals surface area (Å²) in [5, 5.41) is 14.2. The molecule has 0 amide bonds. The molecule has 3 N–H and O–H groups in total. The Bertz CT molecular complexity index is 1220. The number of ether oxygens (including phenoxy) is 1. The van der Waals surface area contributed by atoms with Crippen LogP contribution in [0.5, 0.6) is 17.2 Å². The van der Waals surface area contributed by atoms with Gasteiger partial charge in [0.05, 0.1) is 5.56 Å². The lowest BCUT2D eigenvalue weighted by Crippen LogP contribution is -2.39. The Morgan fingerprint density at radius 1 is 1.16 bits per heavy atom. The number of Topliss-reactive ketones (excluding diaryl/α,β-unsaturated/α-hetero) is 1. The summed E-state index contributed by atoms with van der Waals surface area (Å²) >= 11 is 13.2. The molecule has 10 heteroatoms. The first kappa shape index (κ1) is 25.0. The van der Waals surface area contributed by atoms with E-state index in [1.807, 2.05) is 13.8 Å². The predicted molar refractivity (Wildman–Crippen MR) is 133 cm³/mol. The second-order valence-electron chi connectivity index (χ2n) is 7.54. The third kappa shape index (κ3) is 4.82. The summed E-state index contributed by atoms with van der Waals surface area (Å²) in [6.07, 6.45) is 2.56. The van der Waals surface area contributed by atoms with E-state index in [0.717, 1.165) is 0 Å². The molecule has 0 aromatic heterocycles. The van der Waals surface area contributed by atoms with Crippen LogP contribution in [-0.4, -0.2) is 29.4 Å². The first-order valence-corrected chi connectivity index (χ1v) is 13.0. The quantitative estimate of drug-likeness (QED) is 0.325. The molecule has 2 aromatic carbocycles. The van der Waals surface area contributed by atoms with Crippen molar-refractivity contribution >= 4 is 59.3 Å². The summed E-state index contributed by atoms with van der Waals surface area (Å²) in [4.78, 5) is 11.8. The van der Waals surface area contributed by atoms with E-state index in [4.69, 9.17) is 21.5 Å². The second kappa shape index (κ2) is 9.30. The fourth-order valence-corrected chi connectivity index (χ4v) is 6.05. The number of primary sulfonamides is 1. The molecule has 1 aliphatic carbocycles. The normalized spacial score (nSPS) is 21.2. The average molecular weight is 606 g/mol. The number of aromatic hydroxyl groups is 1. The fraction of sp³-hybridized carbons (Fsp3) is 0.227. The first-order valence-electron chi connectivity index (χ1n) is 9.46. The molecule has 0 radical (unpaired) electrons. The van der Waals surface area contributed by atoms with E-state index in [1.165, 1.54) is 18.2 Å². The van der Waals surface area contributed by atoms with Crippen LogP contribution in [0.2, 0.25) is 0 Å². The summed E-state index contributed by atoms with van der Waals surface area (Å²) in [5.74, 6) is 0.394. The predicted octanol–water partition coefficient (Wildman–Crippen LogP) is 5.70. The summed E-state index contributed by atoms with van der Waals surface area (Å²) in [5.41, 5.74) is 0.893. The number of halogens is 3. The minimum atomic E-state index is -3.92. The highest BCUT2D eigenvalue weighted by Crippen LogP contribution is 2.47. The second-order valence-corrected chi connectivity index (χ2v) is 11.5. The van der Waals surface area contributed by atoms with Gasteiger partial charge in [-0.15, -0.1) is 0 Å². The van der Waals surface area contributed by atoms with Crippen LogP contribution in [-0.2, 0) is 10.0 Å². The zero-order valence-electron chi connectivity index (χ0n) is 17.1. The van der Waals surface area contributed by atoms with Crippen LogP contribution in [0.1, 0.15) is 35.7 Å². The fourth-order valence-electron chi connectivity index (χ4n) is 3.20. The van der Waals surface area contributed by atoms with Crippen molar-refractivity contribution in [3.63, 3.8) is 0 Å². The molecule has 0 saturated carbocycles. The lowest BCUT2D eigenvalue weighted by Gasteiger charge is -2.30. The lowest BCUT2D eigenvalue weighted by molar-refractivity contribution is 0.0971. The van der Waals surface area contributed by atoms with E-state index in [0.29, 0.717) is 11.3 Å². The van der Waals surface area contributed by atoms with Gasteiger partial charge in [0.1, 0.15) is 22.5 Å². The number of rotatable bonds is 6. The molecule has 2 aromatic rings. The summed E-state index contributed by atoms with van der Waals surface area (Å²) in [7, 11) is -3.92. The van der Waals surface area contributed by atoms with Crippen molar-refractivity contribution in [2.75, 3.05) is 0 Å². The van der Waals surface area contributed by atoms with Crippen molar-refractivity contribution in [3.8, 4) is 17.2 Å². The van der Waals surface area contributed by atoms with E-state index in [1.54, 1.807) is 36.4 Å². The number of phenols is 1. The SMILES string of the molecule is CC(C)c1cc(Oc2ccccc2C(=O)C2(Cl)C(Br)=CC(S(N)(=O)=O)C=C2Br)ccc1O. The Hall–Kier alpha value is -1.65. The first-order chi connectivity index (χ1) is 14.9. The standard InChI is InChI=1S/C22H20Br2ClNO5S/c1-12(2)16-9-13(7-8-17(16)27)31-18-6-4-3-5-15(18)21(28)22(25)19(23)10-14(11-20(22)24)32(26,29)30/h3-12,14,27H,1-2H3,(H2,26,29,30). The minimum Gasteiger partial charge on any atom is -0.508 e. The zero-order valence-corrected chi connectivity index (χ0v) is 21.8. The number of ketones is 1. The molecule has 0 spiro atoms. The maximum atomic E-state index is 13.6. The summed E-state index contributed by atoms with van der Waals surface area (Å²) in [6.45, 7) is 3.89. The maximum absolute atomic E-state index is 13.6. The van der Waals surface area contributed by atoms with Gasteiger partial charge in [0.25, 0.3) is 0 Å². The molecule has 0 saturated heterocycles. The van der Waals surface area contributed by atoms with E-state index in [-0.39, 0.29) is 31.9 Å². The molecule has 3 rings (SSSR count). The Morgan fingerprint density at radius 3 is 2.31 bits per heavy atom. The van der Waals surface area contributed by atoms with Crippen LogP contribution in [0, 0.1) is 0 Å². The Balaban J connectivity index is 2.01. The smallest absolute Gasteiger partial charge is 0.219 e. The molecule has 6 nitrogen and oxygen atoms in total. The number of benzene rings is 2. The van der Waals surface area contributed by atoms with Gasteiger partial charge in [0.2, 0.25) is 10.0 Å². The van der Waals surface area contributed by atoms with Crippen LogP contribution in [0.4, 0.5) is 0 Å². The largest absolute Gasteiger partial charge is 0.508 e. The highest BCUT2D eigenvalue weighted by atomic mass is 79.9. The number of carbonyl (C=O) groups is 1. The molecule has 0 aliphatic heterocycles. The number of nitrogens with two attached hydrogens (primary N) is 1. The van der Waals surface area contributed by atoms with Crippen LogP contribution in [0.15, 0.2) is 63.6 Å². The highest BCUT2D eigenvalue weighted by Gasteiger charge is 2.47. The van der Waals surface area contributed by atoms with Crippen molar-refractivity contribution in [1.82, 2.24) is 0 Å². The highest BCUT2D eigenvalue weighted by molar-refractivity contribution is 9.12. The molecule has 32 heavy (non-hydrogen) atoms. The molecular weight excluding hydrogens is 586 g/mol. The maximum Gasteiger partial charge on any atom is 0.219 e.